The van der Waals surface area contributed by atoms with Gasteiger partial charge in [0.2, 0.25) is 0 Å². The van der Waals surface area contributed by atoms with Crippen LogP contribution in [0.25, 0.3) is 16.5 Å². The molecular weight excluding hydrogens is 418 g/mol. The molecule has 0 aliphatic carbocycles. The Bertz CT molecular complexity index is 1180. The van der Waals surface area contributed by atoms with Crippen molar-refractivity contribution in [1.29, 1.82) is 0 Å². The van der Waals surface area contributed by atoms with E-state index in [0.29, 0.717) is 17.7 Å². The van der Waals surface area contributed by atoms with E-state index in [-0.39, 0.29) is 24.5 Å². The van der Waals surface area contributed by atoms with E-state index in [1.54, 1.807) is 24.3 Å². The van der Waals surface area contributed by atoms with Crippen molar-refractivity contribution in [2.24, 2.45) is 0 Å². The fourth-order valence-electron chi connectivity index (χ4n) is 4.12. The van der Waals surface area contributed by atoms with Gasteiger partial charge in [-0.3, -0.25) is 9.59 Å². The zero-order chi connectivity index (χ0) is 23.4. The highest BCUT2D eigenvalue weighted by molar-refractivity contribution is 6.46. The number of nitrogens with zero attached hydrogens (tertiary/aromatic N) is 3. The molecular formula is C26H29N3O4. The molecule has 0 spiro atoms. The van der Waals surface area contributed by atoms with Crippen LogP contribution in [-0.2, 0) is 20.9 Å². The second-order valence-corrected chi connectivity index (χ2v) is 8.32. The Labute approximate surface area is 193 Å². The molecule has 0 saturated carbocycles. The molecule has 0 unspecified atom stereocenters. The Morgan fingerprint density at radius 1 is 0.939 bits per heavy atom. The molecule has 1 aromatic heterocycles. The second kappa shape index (κ2) is 10.0. The number of aliphatic hydroxyl groups excluding tert-OH is 1. The lowest BCUT2D eigenvalue weighted by atomic mass is 10.0. The summed E-state index contributed by atoms with van der Waals surface area (Å²) in [5, 5.41) is 10.1. The smallest absolute Gasteiger partial charge is 0.301 e. The monoisotopic (exact) mass is 447 g/mol. The van der Waals surface area contributed by atoms with Gasteiger partial charge in [0.25, 0.3) is 5.91 Å². The zero-order valence-electron chi connectivity index (χ0n) is 19.0. The molecule has 0 radical (unpaired) electrons. The predicted octanol–water partition coefficient (Wildman–Crippen LogP) is 3.28. The zero-order valence-corrected chi connectivity index (χ0v) is 19.0. The van der Waals surface area contributed by atoms with E-state index < -0.39 is 11.8 Å². The number of aryl methyl sites for hydroxylation is 1. The van der Waals surface area contributed by atoms with Crippen LogP contribution in [0.15, 0.2) is 66.6 Å². The van der Waals surface area contributed by atoms with Crippen molar-refractivity contribution in [3.8, 4) is 0 Å². The number of aromatic nitrogens is 1. The Kier molecular flexibility index (Phi) is 6.91. The summed E-state index contributed by atoms with van der Waals surface area (Å²) in [6, 6.07) is 16.8. The highest BCUT2D eigenvalue weighted by Gasteiger charge is 2.42. The topological polar surface area (TPSA) is 75.0 Å². The van der Waals surface area contributed by atoms with Gasteiger partial charge in [0.15, 0.2) is 5.76 Å². The number of amides is 2. The maximum absolute atomic E-state index is 13.6. The van der Waals surface area contributed by atoms with Gasteiger partial charge in [-0.15, -0.1) is 0 Å². The van der Waals surface area contributed by atoms with Crippen LogP contribution in [0.4, 0.5) is 5.69 Å². The van der Waals surface area contributed by atoms with Crippen LogP contribution in [0.5, 0.6) is 0 Å². The van der Waals surface area contributed by atoms with Crippen molar-refractivity contribution in [3.63, 3.8) is 0 Å². The number of carbonyl (C=O) groups excluding carboxylic acids is 2. The Balaban J connectivity index is 1.79. The van der Waals surface area contributed by atoms with Crippen molar-refractivity contribution in [2.75, 3.05) is 38.8 Å². The summed E-state index contributed by atoms with van der Waals surface area (Å²) < 4.78 is 7.94. The number of fused-ring (bicyclic) bond motifs is 1. The van der Waals surface area contributed by atoms with Crippen LogP contribution in [0.1, 0.15) is 18.4 Å². The van der Waals surface area contributed by atoms with Crippen LogP contribution >= 0.6 is 0 Å². The highest BCUT2D eigenvalue weighted by atomic mass is 16.5. The van der Waals surface area contributed by atoms with Crippen LogP contribution in [-0.4, -0.2) is 60.2 Å². The van der Waals surface area contributed by atoms with E-state index in [9.17, 15) is 14.7 Å². The van der Waals surface area contributed by atoms with E-state index in [1.807, 2.05) is 50.6 Å². The van der Waals surface area contributed by atoms with Crippen molar-refractivity contribution >= 4 is 34.0 Å². The lowest BCUT2D eigenvalue weighted by Crippen LogP contribution is -2.31. The van der Waals surface area contributed by atoms with Crippen molar-refractivity contribution in [3.05, 3.63) is 72.1 Å². The first-order valence-corrected chi connectivity index (χ1v) is 11.2. The molecule has 0 saturated heterocycles. The lowest BCUT2D eigenvalue weighted by molar-refractivity contribution is -0.121. The van der Waals surface area contributed by atoms with Crippen LogP contribution in [0.2, 0.25) is 0 Å². The van der Waals surface area contributed by atoms with Gasteiger partial charge in [-0.05, 0) is 45.3 Å². The fraction of sp³-hybridized carbons (Fsp3) is 0.308. The van der Waals surface area contributed by atoms with Gasteiger partial charge in [0.1, 0.15) is 0 Å². The molecule has 3 aromatic rings. The van der Waals surface area contributed by atoms with E-state index in [1.165, 1.54) is 4.90 Å². The maximum atomic E-state index is 13.6. The van der Waals surface area contributed by atoms with Gasteiger partial charge in [0.05, 0.1) is 17.9 Å². The highest BCUT2D eigenvalue weighted by Crippen LogP contribution is 2.37. The van der Waals surface area contributed by atoms with Crippen LogP contribution in [0.3, 0.4) is 0 Å². The van der Waals surface area contributed by atoms with Gasteiger partial charge in [-0.1, -0.05) is 36.4 Å². The summed E-state index contributed by atoms with van der Waals surface area (Å²) in [5.41, 5.74) is 2.46. The molecule has 1 N–H and O–H groups in total. The van der Waals surface area contributed by atoms with Gasteiger partial charge in [-0.2, -0.15) is 0 Å². The minimum absolute atomic E-state index is 0.0356. The van der Waals surface area contributed by atoms with Gasteiger partial charge >= 0.3 is 5.91 Å². The molecule has 7 heteroatoms. The second-order valence-electron chi connectivity index (χ2n) is 8.32. The first-order chi connectivity index (χ1) is 16.0. The SMILES string of the molecule is CN(C)CCCn1cc(C2=C(OCCCO)C(=O)N(c3ccccc3)C2=O)c2ccccc21. The molecule has 1 aliphatic rings. The average Bonchev–Trinajstić information content (AvgIpc) is 3.28. The fourth-order valence-corrected chi connectivity index (χ4v) is 4.12. The first-order valence-electron chi connectivity index (χ1n) is 11.2. The summed E-state index contributed by atoms with van der Waals surface area (Å²) in [7, 11) is 4.09. The molecule has 0 atom stereocenters. The van der Waals surface area contributed by atoms with Crippen LogP contribution < -0.4 is 4.90 Å². The number of hydrogen-bond donors (Lipinski definition) is 1. The summed E-state index contributed by atoms with van der Waals surface area (Å²) in [6.07, 6.45) is 3.27. The summed E-state index contributed by atoms with van der Waals surface area (Å²) >= 11 is 0. The quantitative estimate of drug-likeness (QED) is 0.381. The molecule has 33 heavy (non-hydrogen) atoms. The third-order valence-corrected chi connectivity index (χ3v) is 5.67. The minimum atomic E-state index is -0.483. The molecule has 0 fully saturated rings. The number of anilines is 1. The van der Waals surface area contributed by atoms with E-state index >= 15 is 0 Å². The number of imide groups is 1. The van der Waals surface area contributed by atoms with Crippen molar-refractivity contribution in [2.45, 2.75) is 19.4 Å². The number of ether oxygens (including phenoxy) is 1. The Morgan fingerprint density at radius 3 is 2.39 bits per heavy atom. The number of para-hydroxylation sites is 2. The molecule has 4 rings (SSSR count). The largest absolute Gasteiger partial charge is 0.487 e. The number of carbonyl (C=O) groups is 2. The van der Waals surface area contributed by atoms with Gasteiger partial charge < -0.3 is 19.3 Å². The van der Waals surface area contributed by atoms with E-state index in [2.05, 4.69) is 9.47 Å². The number of hydrogen-bond acceptors (Lipinski definition) is 5. The number of benzene rings is 2. The summed E-state index contributed by atoms with van der Waals surface area (Å²) in [5.74, 6) is -0.849. The maximum Gasteiger partial charge on any atom is 0.301 e. The lowest BCUT2D eigenvalue weighted by Gasteiger charge is -2.14. The third kappa shape index (κ3) is 4.55. The number of rotatable bonds is 10. The Hall–Kier alpha value is -3.42. The van der Waals surface area contributed by atoms with Crippen molar-refractivity contribution in [1.82, 2.24) is 9.47 Å². The average molecular weight is 448 g/mol. The standard InChI is InChI=1S/C26H29N3O4/c1-27(2)14-8-15-28-18-21(20-12-6-7-13-22(20)28)23-24(33-17-9-16-30)26(32)29(25(23)31)19-10-4-3-5-11-19/h3-7,10-13,18,30H,8-9,14-17H2,1-2H3. The summed E-state index contributed by atoms with van der Waals surface area (Å²) in [6.45, 7) is 1.83. The van der Waals surface area contributed by atoms with E-state index in [4.69, 9.17) is 4.74 Å². The predicted molar refractivity (Wildman–Crippen MR) is 129 cm³/mol. The summed E-state index contributed by atoms with van der Waals surface area (Å²) in [4.78, 5) is 30.3. The van der Waals surface area contributed by atoms with Gasteiger partial charge in [0, 0.05) is 42.2 Å². The molecule has 172 valence electrons. The van der Waals surface area contributed by atoms with Crippen molar-refractivity contribution < 1.29 is 19.4 Å². The molecule has 2 aromatic carbocycles. The molecule has 0 bridgehead atoms. The third-order valence-electron chi connectivity index (χ3n) is 5.67. The molecule has 1 aliphatic heterocycles. The number of aliphatic hydroxyl groups is 1. The minimum Gasteiger partial charge on any atom is -0.487 e. The van der Waals surface area contributed by atoms with E-state index in [0.717, 1.165) is 30.4 Å². The van der Waals surface area contributed by atoms with Crippen LogP contribution in [0, 0.1) is 0 Å². The Morgan fingerprint density at radius 2 is 1.67 bits per heavy atom. The normalized spacial score (nSPS) is 14.2. The first kappa shape index (κ1) is 22.8. The molecule has 2 amide bonds. The van der Waals surface area contributed by atoms with Gasteiger partial charge in [-0.25, -0.2) is 4.90 Å². The molecule has 2 heterocycles. The molecule has 7 nitrogen and oxygen atoms in total.